The average Bonchev–Trinajstić information content (AvgIpc) is 2.96. The lowest BCUT2D eigenvalue weighted by Gasteiger charge is -2.03. The molecule has 0 bridgehead atoms. The van der Waals surface area contributed by atoms with Crippen molar-refractivity contribution in [3.05, 3.63) is 46.4 Å². The molecular formula is C14H11FN2OS. The van der Waals surface area contributed by atoms with Crippen LogP contribution in [0.2, 0.25) is 0 Å². The van der Waals surface area contributed by atoms with E-state index >= 15 is 0 Å². The number of nitrogens with two attached hydrogens (primary N) is 1. The number of aromatic nitrogens is 1. The first-order valence-corrected chi connectivity index (χ1v) is 6.66. The van der Waals surface area contributed by atoms with E-state index in [4.69, 9.17) is 10.3 Å². The second-order valence-corrected chi connectivity index (χ2v) is 4.96. The Morgan fingerprint density at radius 1 is 1.21 bits per heavy atom. The van der Waals surface area contributed by atoms with Crippen LogP contribution in [0.5, 0.6) is 0 Å². The predicted molar refractivity (Wildman–Crippen MR) is 74.4 cm³/mol. The maximum Gasteiger partial charge on any atom is 0.178 e. The van der Waals surface area contributed by atoms with Gasteiger partial charge in [-0.05, 0) is 23.9 Å². The van der Waals surface area contributed by atoms with Gasteiger partial charge in [-0.3, -0.25) is 0 Å². The molecular weight excluding hydrogens is 263 g/mol. The summed E-state index contributed by atoms with van der Waals surface area (Å²) < 4.78 is 19.2. The summed E-state index contributed by atoms with van der Waals surface area (Å²) in [6.07, 6.45) is 0. The van der Waals surface area contributed by atoms with E-state index in [0.717, 1.165) is 11.1 Å². The van der Waals surface area contributed by atoms with Crippen molar-refractivity contribution in [1.82, 2.24) is 5.16 Å². The number of hydrogen-bond acceptors (Lipinski definition) is 4. The average molecular weight is 274 g/mol. The van der Waals surface area contributed by atoms with Crippen molar-refractivity contribution < 1.29 is 8.91 Å². The van der Waals surface area contributed by atoms with Crippen LogP contribution in [0.1, 0.15) is 5.56 Å². The molecule has 0 saturated heterocycles. The Morgan fingerprint density at radius 2 is 2.00 bits per heavy atom. The third-order valence-corrected chi connectivity index (χ3v) is 3.82. The Bertz CT molecular complexity index is 733. The van der Waals surface area contributed by atoms with Crippen LogP contribution in [0.4, 0.5) is 10.2 Å². The van der Waals surface area contributed by atoms with Crippen LogP contribution in [0.15, 0.2) is 39.5 Å². The lowest BCUT2D eigenvalue weighted by Crippen LogP contribution is -1.91. The van der Waals surface area contributed by atoms with E-state index in [1.807, 2.05) is 17.7 Å². The number of hydrogen-bond donors (Lipinski definition) is 1. The minimum atomic E-state index is -0.341. The van der Waals surface area contributed by atoms with Gasteiger partial charge in [-0.1, -0.05) is 23.4 Å². The van der Waals surface area contributed by atoms with Crippen LogP contribution >= 0.6 is 11.3 Å². The summed E-state index contributed by atoms with van der Waals surface area (Å²) >= 11 is 1.56. The highest BCUT2D eigenvalue weighted by atomic mass is 32.1. The van der Waals surface area contributed by atoms with Gasteiger partial charge in [-0.15, -0.1) is 0 Å². The van der Waals surface area contributed by atoms with E-state index in [1.165, 1.54) is 6.07 Å². The Morgan fingerprint density at radius 3 is 2.68 bits per heavy atom. The van der Waals surface area contributed by atoms with E-state index < -0.39 is 0 Å². The van der Waals surface area contributed by atoms with Gasteiger partial charge in [-0.25, -0.2) is 4.39 Å². The van der Waals surface area contributed by atoms with Crippen molar-refractivity contribution in [1.29, 1.82) is 0 Å². The first-order chi connectivity index (χ1) is 9.18. The lowest BCUT2D eigenvalue weighted by atomic mass is 10.0. The molecule has 0 fully saturated rings. The second kappa shape index (κ2) is 4.51. The number of halogens is 1. The van der Waals surface area contributed by atoms with Crippen molar-refractivity contribution in [2.45, 2.75) is 6.92 Å². The van der Waals surface area contributed by atoms with Gasteiger partial charge >= 0.3 is 0 Å². The Balaban J connectivity index is 2.26. The maximum absolute atomic E-state index is 13.9. The number of nitrogen functional groups attached to an aromatic ring is 1. The van der Waals surface area contributed by atoms with Crippen molar-refractivity contribution in [2.75, 3.05) is 5.73 Å². The monoisotopic (exact) mass is 274 g/mol. The molecule has 19 heavy (non-hydrogen) atoms. The van der Waals surface area contributed by atoms with Crippen molar-refractivity contribution >= 4 is 17.2 Å². The molecule has 0 amide bonds. The third-order valence-electron chi connectivity index (χ3n) is 2.96. The van der Waals surface area contributed by atoms with E-state index in [0.29, 0.717) is 16.9 Å². The van der Waals surface area contributed by atoms with Gasteiger partial charge in [0.15, 0.2) is 11.6 Å². The zero-order valence-electron chi connectivity index (χ0n) is 10.2. The normalized spacial score (nSPS) is 10.8. The molecule has 0 aliphatic heterocycles. The molecule has 0 atom stereocenters. The van der Waals surface area contributed by atoms with E-state index in [9.17, 15) is 4.39 Å². The summed E-state index contributed by atoms with van der Waals surface area (Å²) in [5.74, 6) is 0.374. The number of benzene rings is 1. The molecule has 0 aliphatic carbocycles. The van der Waals surface area contributed by atoms with E-state index in [2.05, 4.69) is 5.16 Å². The Kier molecular flexibility index (Phi) is 2.83. The summed E-state index contributed by atoms with van der Waals surface area (Å²) in [6, 6.07) is 6.46. The molecule has 2 heterocycles. The SMILES string of the molecule is Cc1cscc1-c1onc(N)c1-c1ccccc1F. The molecule has 0 radical (unpaired) electrons. The standard InChI is InChI=1S/C14H11FN2OS/c1-8-6-19-7-10(8)13-12(14(16)17-18-13)9-4-2-3-5-11(9)15/h2-7H,1H3,(H2,16,17). The molecule has 1 aromatic carbocycles. The van der Waals surface area contributed by atoms with Crippen LogP contribution in [0, 0.1) is 12.7 Å². The van der Waals surface area contributed by atoms with Crippen LogP contribution < -0.4 is 5.73 Å². The molecule has 0 saturated carbocycles. The fraction of sp³-hybridized carbons (Fsp3) is 0.0714. The van der Waals surface area contributed by atoms with Gasteiger partial charge in [0.25, 0.3) is 0 Å². The van der Waals surface area contributed by atoms with Crippen LogP contribution in [-0.4, -0.2) is 5.16 Å². The molecule has 2 N–H and O–H groups in total. The lowest BCUT2D eigenvalue weighted by molar-refractivity contribution is 0.436. The van der Waals surface area contributed by atoms with Crippen molar-refractivity contribution in [3.63, 3.8) is 0 Å². The zero-order chi connectivity index (χ0) is 13.4. The Hall–Kier alpha value is -2.14. The summed E-state index contributed by atoms with van der Waals surface area (Å²) in [5.41, 5.74) is 8.70. The van der Waals surface area contributed by atoms with Gasteiger partial charge < -0.3 is 10.3 Å². The number of aryl methyl sites for hydroxylation is 1. The fourth-order valence-corrected chi connectivity index (χ4v) is 2.83. The maximum atomic E-state index is 13.9. The molecule has 3 aromatic rings. The van der Waals surface area contributed by atoms with Crippen LogP contribution in [-0.2, 0) is 0 Å². The summed E-state index contributed by atoms with van der Waals surface area (Å²) in [5, 5.41) is 7.72. The van der Waals surface area contributed by atoms with Gasteiger partial charge in [0.2, 0.25) is 0 Å². The van der Waals surface area contributed by atoms with Crippen LogP contribution in [0.3, 0.4) is 0 Å². The molecule has 3 rings (SSSR count). The smallest absolute Gasteiger partial charge is 0.178 e. The van der Waals surface area contributed by atoms with Crippen LogP contribution in [0.25, 0.3) is 22.5 Å². The number of rotatable bonds is 2. The zero-order valence-corrected chi connectivity index (χ0v) is 11.0. The topological polar surface area (TPSA) is 52.0 Å². The van der Waals surface area contributed by atoms with Crippen molar-refractivity contribution in [2.24, 2.45) is 0 Å². The minimum Gasteiger partial charge on any atom is -0.380 e. The largest absolute Gasteiger partial charge is 0.380 e. The molecule has 5 heteroatoms. The molecule has 96 valence electrons. The first kappa shape index (κ1) is 11.9. The highest BCUT2D eigenvalue weighted by Crippen LogP contribution is 2.39. The molecule has 3 nitrogen and oxygen atoms in total. The van der Waals surface area contributed by atoms with E-state index in [1.54, 1.807) is 29.5 Å². The van der Waals surface area contributed by atoms with Gasteiger partial charge in [0.05, 0.1) is 5.56 Å². The van der Waals surface area contributed by atoms with E-state index in [-0.39, 0.29) is 11.6 Å². The molecule has 0 unspecified atom stereocenters. The number of anilines is 1. The highest BCUT2D eigenvalue weighted by molar-refractivity contribution is 7.08. The van der Waals surface area contributed by atoms with Gasteiger partial charge in [-0.2, -0.15) is 11.3 Å². The first-order valence-electron chi connectivity index (χ1n) is 5.71. The number of nitrogens with zero attached hydrogens (tertiary/aromatic N) is 1. The quantitative estimate of drug-likeness (QED) is 0.765. The molecule has 2 aromatic heterocycles. The Labute approximate surface area is 113 Å². The third kappa shape index (κ3) is 1.92. The molecule has 0 aliphatic rings. The highest BCUT2D eigenvalue weighted by Gasteiger charge is 2.21. The van der Waals surface area contributed by atoms with Gasteiger partial charge in [0.1, 0.15) is 5.82 Å². The summed E-state index contributed by atoms with van der Waals surface area (Å²) in [4.78, 5) is 0. The van der Waals surface area contributed by atoms with Gasteiger partial charge in [0, 0.05) is 16.5 Å². The predicted octanol–water partition coefficient (Wildman–Crippen LogP) is 4.10. The van der Waals surface area contributed by atoms with Crippen molar-refractivity contribution in [3.8, 4) is 22.5 Å². The minimum absolute atomic E-state index is 0.200. The fourth-order valence-electron chi connectivity index (χ4n) is 2.00. The molecule has 0 spiro atoms. The summed E-state index contributed by atoms with van der Waals surface area (Å²) in [7, 11) is 0. The second-order valence-electron chi connectivity index (χ2n) is 4.22. The number of thiophene rings is 1. The summed E-state index contributed by atoms with van der Waals surface area (Å²) in [6.45, 7) is 1.97.